The van der Waals surface area contributed by atoms with Gasteiger partial charge in [0.05, 0.1) is 28.5 Å². The van der Waals surface area contributed by atoms with Crippen molar-refractivity contribution in [2.24, 2.45) is 23.7 Å². The van der Waals surface area contributed by atoms with Crippen LogP contribution in [-0.2, 0) is 24.6 Å². The van der Waals surface area contributed by atoms with Crippen molar-refractivity contribution in [3.05, 3.63) is 161 Å². The number of nitrogens with zero attached hydrogens (tertiary/aromatic N) is 1. The molecule has 8 heteroatoms. The standard InChI is InChI=1S/C45H33NO7/c47-37-21-20-31(29-16-7-8-17-30(29)37)40-32-18-19-33-39(43(51)46(42(33)50)28-15-9-12-26(22-28)44(52)53)35(32)23-36-41(49)34(25-10-3-1-4-11-25)24-38(48)45(36,40)27-13-5-2-6-14-27/h1-18,20-22,24,33,35-36,39-40,47H,19,23H2,(H,52,53). The van der Waals surface area contributed by atoms with E-state index < -0.39 is 52.8 Å². The zero-order valence-electron chi connectivity index (χ0n) is 28.4. The van der Waals surface area contributed by atoms with Crippen molar-refractivity contribution in [2.75, 3.05) is 4.90 Å². The van der Waals surface area contributed by atoms with Crippen LogP contribution in [0.25, 0.3) is 16.3 Å². The molecule has 1 saturated heterocycles. The molecule has 53 heavy (non-hydrogen) atoms. The monoisotopic (exact) mass is 699 g/mol. The van der Waals surface area contributed by atoms with E-state index in [0.29, 0.717) is 27.5 Å². The fraction of sp³-hybridized carbons (Fsp3) is 0.178. The van der Waals surface area contributed by atoms with Crippen LogP contribution in [0.1, 0.15) is 45.8 Å². The highest BCUT2D eigenvalue weighted by atomic mass is 16.4. The quantitative estimate of drug-likeness (QED) is 0.146. The van der Waals surface area contributed by atoms with Crippen molar-refractivity contribution in [1.29, 1.82) is 0 Å². The second-order valence-electron chi connectivity index (χ2n) is 14.4. The van der Waals surface area contributed by atoms with Crippen LogP contribution in [0.3, 0.4) is 0 Å². The number of fused-ring (bicyclic) bond motifs is 5. The van der Waals surface area contributed by atoms with E-state index in [4.69, 9.17) is 0 Å². The van der Waals surface area contributed by atoms with Crippen molar-refractivity contribution in [3.63, 3.8) is 0 Å². The Labute approximate surface area is 304 Å². The summed E-state index contributed by atoms with van der Waals surface area (Å²) in [6.07, 6.45) is 3.86. The molecule has 5 aromatic rings. The number of carbonyl (C=O) groups is 5. The number of anilines is 1. The fourth-order valence-corrected chi connectivity index (χ4v) is 9.81. The highest BCUT2D eigenvalue weighted by molar-refractivity contribution is 6.32. The Hall–Kier alpha value is -6.41. The van der Waals surface area contributed by atoms with Gasteiger partial charge in [-0.15, -0.1) is 0 Å². The maximum Gasteiger partial charge on any atom is 0.335 e. The topological polar surface area (TPSA) is 129 Å². The number of amides is 2. The van der Waals surface area contributed by atoms with Crippen molar-refractivity contribution in [3.8, 4) is 5.75 Å². The second kappa shape index (κ2) is 12.1. The minimum atomic E-state index is -1.41. The smallest absolute Gasteiger partial charge is 0.335 e. The van der Waals surface area contributed by atoms with Crippen LogP contribution in [0, 0.1) is 23.7 Å². The zero-order valence-corrected chi connectivity index (χ0v) is 28.4. The molecule has 260 valence electrons. The van der Waals surface area contributed by atoms with Crippen molar-refractivity contribution in [2.45, 2.75) is 24.2 Å². The summed E-state index contributed by atoms with van der Waals surface area (Å²) in [6, 6.07) is 35.1. The molecule has 4 aliphatic rings. The van der Waals surface area contributed by atoms with Gasteiger partial charge in [-0.05, 0) is 71.2 Å². The average Bonchev–Trinajstić information content (AvgIpc) is 3.45. The third-order valence-electron chi connectivity index (χ3n) is 12.0. The molecule has 9 rings (SSSR count). The van der Waals surface area contributed by atoms with E-state index in [0.717, 1.165) is 16.0 Å². The number of hydrogen-bond donors (Lipinski definition) is 2. The number of carboxylic acid groups (broad SMARTS) is 1. The van der Waals surface area contributed by atoms with E-state index in [1.54, 1.807) is 12.1 Å². The van der Waals surface area contributed by atoms with Gasteiger partial charge in [-0.2, -0.15) is 0 Å². The van der Waals surface area contributed by atoms with E-state index >= 15 is 9.59 Å². The number of carboxylic acids is 1. The molecule has 0 spiro atoms. The zero-order chi connectivity index (χ0) is 36.6. The summed E-state index contributed by atoms with van der Waals surface area (Å²) < 4.78 is 0. The van der Waals surface area contributed by atoms with Gasteiger partial charge < -0.3 is 10.2 Å². The number of benzene rings is 5. The molecule has 3 aliphatic carbocycles. The summed E-state index contributed by atoms with van der Waals surface area (Å²) in [6.45, 7) is 0. The van der Waals surface area contributed by atoms with E-state index in [-0.39, 0.29) is 41.4 Å². The van der Waals surface area contributed by atoms with Crippen LogP contribution in [0.4, 0.5) is 5.69 Å². The molecule has 1 aliphatic heterocycles. The van der Waals surface area contributed by atoms with Crippen molar-refractivity contribution in [1.82, 2.24) is 0 Å². The molecule has 2 fully saturated rings. The van der Waals surface area contributed by atoms with Crippen LogP contribution in [-0.4, -0.2) is 39.6 Å². The number of hydrogen-bond acceptors (Lipinski definition) is 6. The Morgan fingerprint density at radius 1 is 0.736 bits per heavy atom. The lowest BCUT2D eigenvalue weighted by Gasteiger charge is -2.55. The maximum absolute atomic E-state index is 15.3. The van der Waals surface area contributed by atoms with Crippen LogP contribution < -0.4 is 4.90 Å². The van der Waals surface area contributed by atoms with Crippen molar-refractivity contribution < 1.29 is 34.2 Å². The summed E-state index contributed by atoms with van der Waals surface area (Å²) in [4.78, 5) is 72.3. The first-order valence-electron chi connectivity index (χ1n) is 17.7. The first kappa shape index (κ1) is 32.5. The second-order valence-corrected chi connectivity index (χ2v) is 14.4. The third-order valence-corrected chi connectivity index (χ3v) is 12.0. The molecule has 0 bridgehead atoms. The van der Waals surface area contributed by atoms with Crippen LogP contribution in [0.5, 0.6) is 5.75 Å². The van der Waals surface area contributed by atoms with E-state index in [1.807, 2.05) is 97.1 Å². The van der Waals surface area contributed by atoms with Gasteiger partial charge in [0.15, 0.2) is 11.6 Å². The number of phenolic OH excluding ortho intramolecular Hbond substituents is 1. The van der Waals surface area contributed by atoms with Gasteiger partial charge >= 0.3 is 5.97 Å². The first-order valence-corrected chi connectivity index (χ1v) is 17.7. The molecule has 2 amide bonds. The molecule has 6 atom stereocenters. The van der Waals surface area contributed by atoms with E-state index in [9.17, 15) is 24.6 Å². The van der Waals surface area contributed by atoms with Crippen LogP contribution in [0.2, 0.25) is 0 Å². The van der Waals surface area contributed by atoms with Crippen molar-refractivity contribution >= 4 is 51.4 Å². The Morgan fingerprint density at radius 2 is 1.43 bits per heavy atom. The number of rotatable bonds is 5. The lowest BCUT2D eigenvalue weighted by molar-refractivity contribution is -0.134. The number of carbonyl (C=O) groups excluding carboxylic acids is 4. The van der Waals surface area contributed by atoms with Crippen LogP contribution in [0.15, 0.2) is 139 Å². The Bertz CT molecular complexity index is 2470. The minimum Gasteiger partial charge on any atom is -0.507 e. The third kappa shape index (κ3) is 4.64. The molecule has 8 nitrogen and oxygen atoms in total. The Balaban J connectivity index is 1.30. The SMILES string of the molecule is O=C(O)c1cccc(N2C(=O)C3CC=C4C(CC5C(=O)C(c6ccccc6)=CC(=O)C5(c5ccccc5)C4c4ccc(O)c5ccccc45)C3C2=O)c1. The fourth-order valence-electron chi connectivity index (χ4n) is 9.81. The lowest BCUT2D eigenvalue weighted by atomic mass is 9.44. The summed E-state index contributed by atoms with van der Waals surface area (Å²) in [5.74, 6) is -6.22. The molecule has 0 aromatic heterocycles. The highest BCUT2D eigenvalue weighted by Crippen LogP contribution is 2.64. The molecular formula is C45H33NO7. The molecule has 0 radical (unpaired) electrons. The maximum atomic E-state index is 15.3. The summed E-state index contributed by atoms with van der Waals surface area (Å²) in [7, 11) is 0. The van der Waals surface area contributed by atoms with Crippen LogP contribution >= 0.6 is 0 Å². The minimum absolute atomic E-state index is 0.0482. The molecule has 6 unspecified atom stereocenters. The number of Topliss-reactive ketones (excluding diaryl/α,β-unsaturated/α-hetero) is 1. The van der Waals surface area contributed by atoms with Gasteiger partial charge in [-0.1, -0.05) is 109 Å². The van der Waals surface area contributed by atoms with Gasteiger partial charge in [0.1, 0.15) is 5.75 Å². The summed E-state index contributed by atoms with van der Waals surface area (Å²) in [5, 5.41) is 22.0. The van der Waals surface area contributed by atoms with Gasteiger partial charge in [-0.25, -0.2) is 4.79 Å². The normalized spacial score (nSPS) is 26.4. The predicted molar refractivity (Wildman–Crippen MR) is 198 cm³/mol. The Morgan fingerprint density at radius 3 is 2.17 bits per heavy atom. The largest absolute Gasteiger partial charge is 0.507 e. The number of imide groups is 1. The summed E-state index contributed by atoms with van der Waals surface area (Å²) >= 11 is 0. The van der Waals surface area contributed by atoms with Gasteiger partial charge in [0.25, 0.3) is 0 Å². The number of phenols is 1. The number of aromatic hydroxyl groups is 1. The van der Waals surface area contributed by atoms with Gasteiger partial charge in [0.2, 0.25) is 11.8 Å². The molecular weight excluding hydrogens is 666 g/mol. The Kier molecular flexibility index (Phi) is 7.41. The molecule has 1 heterocycles. The van der Waals surface area contributed by atoms with Gasteiger partial charge in [-0.3, -0.25) is 24.1 Å². The first-order chi connectivity index (χ1) is 25.7. The molecule has 2 N–H and O–H groups in total. The van der Waals surface area contributed by atoms with E-state index in [1.165, 1.54) is 24.3 Å². The average molecular weight is 700 g/mol. The summed E-state index contributed by atoms with van der Waals surface area (Å²) in [5.41, 5.74) is 1.88. The number of allylic oxidation sites excluding steroid dienone is 4. The molecule has 5 aromatic carbocycles. The van der Waals surface area contributed by atoms with Gasteiger partial charge in [0, 0.05) is 22.8 Å². The number of ketones is 2. The van der Waals surface area contributed by atoms with E-state index in [2.05, 4.69) is 0 Å². The number of aromatic carboxylic acids is 1. The molecule has 1 saturated carbocycles. The lowest BCUT2D eigenvalue weighted by Crippen LogP contribution is -2.58. The highest BCUT2D eigenvalue weighted by Gasteiger charge is 2.66. The predicted octanol–water partition coefficient (Wildman–Crippen LogP) is 7.27.